The molecule has 0 atom stereocenters. The molecular weight excluding hydrogens is 372 g/mol. The van der Waals surface area contributed by atoms with Gasteiger partial charge >= 0.3 is 0 Å². The lowest BCUT2D eigenvalue weighted by atomic mass is 10.2. The lowest BCUT2D eigenvalue weighted by Crippen LogP contribution is -2.22. The number of fused-ring (bicyclic) bond motifs is 3. The first-order valence-electron chi connectivity index (χ1n) is 9.38. The molecule has 5 nitrogen and oxygen atoms in total. The third kappa shape index (κ3) is 3.47. The standard InChI is InChI=1S/C22H22N2O3S/c1-4-26-19-11-15(9-10-18(19)27-13-14(2)3)12-20-21(25)24-17-8-6-5-7-16(17)23-22(24)28-20/h5-12,14H,4,13H2,1-3H3/b20-12-. The van der Waals surface area contributed by atoms with Gasteiger partial charge in [0.25, 0.3) is 5.56 Å². The average Bonchev–Trinajstić information content (AvgIpc) is 3.18. The van der Waals surface area contributed by atoms with Crippen LogP contribution in [0.4, 0.5) is 0 Å². The summed E-state index contributed by atoms with van der Waals surface area (Å²) in [6.45, 7) is 7.33. The Hall–Kier alpha value is -2.86. The Bertz CT molecular complexity index is 1240. The first kappa shape index (κ1) is 18.5. The van der Waals surface area contributed by atoms with Gasteiger partial charge in [-0.3, -0.25) is 4.79 Å². The summed E-state index contributed by atoms with van der Waals surface area (Å²) in [7, 11) is 0. The average molecular weight is 394 g/mol. The summed E-state index contributed by atoms with van der Waals surface area (Å²) in [5, 5.41) is 0. The fourth-order valence-electron chi connectivity index (χ4n) is 3.02. The lowest BCUT2D eigenvalue weighted by molar-refractivity contribution is 0.248. The van der Waals surface area contributed by atoms with Crippen molar-refractivity contribution in [1.29, 1.82) is 0 Å². The molecule has 2 aromatic heterocycles. The van der Waals surface area contributed by atoms with Gasteiger partial charge in [0.15, 0.2) is 16.5 Å². The molecule has 2 heterocycles. The molecule has 0 fully saturated rings. The number of hydrogen-bond acceptors (Lipinski definition) is 5. The van der Waals surface area contributed by atoms with Crippen LogP contribution in [0.1, 0.15) is 26.3 Å². The van der Waals surface area contributed by atoms with Crippen molar-refractivity contribution in [2.45, 2.75) is 20.8 Å². The molecule has 4 rings (SSSR count). The third-order valence-electron chi connectivity index (χ3n) is 4.28. The van der Waals surface area contributed by atoms with Gasteiger partial charge in [-0.25, -0.2) is 9.38 Å². The first-order valence-corrected chi connectivity index (χ1v) is 10.2. The van der Waals surface area contributed by atoms with Gasteiger partial charge in [0, 0.05) is 0 Å². The molecule has 4 aromatic rings. The van der Waals surface area contributed by atoms with Crippen LogP contribution in [0.25, 0.3) is 22.1 Å². The minimum Gasteiger partial charge on any atom is -0.490 e. The molecule has 0 unspecified atom stereocenters. The topological polar surface area (TPSA) is 52.8 Å². The van der Waals surface area contributed by atoms with Crippen molar-refractivity contribution in [3.8, 4) is 11.5 Å². The molecule has 0 radical (unpaired) electrons. The van der Waals surface area contributed by atoms with Crippen molar-refractivity contribution in [2.75, 3.05) is 13.2 Å². The van der Waals surface area contributed by atoms with Crippen LogP contribution in [0.2, 0.25) is 0 Å². The molecule has 0 saturated heterocycles. The van der Waals surface area contributed by atoms with E-state index in [9.17, 15) is 4.79 Å². The lowest BCUT2D eigenvalue weighted by Gasteiger charge is -2.13. The van der Waals surface area contributed by atoms with Gasteiger partial charge in [0.1, 0.15) is 0 Å². The molecule has 0 aliphatic rings. The number of nitrogens with zero attached hydrogens (tertiary/aromatic N) is 2. The number of benzene rings is 2. The fraction of sp³-hybridized carbons (Fsp3) is 0.273. The summed E-state index contributed by atoms with van der Waals surface area (Å²) in [5.74, 6) is 1.85. The predicted octanol–water partition coefficient (Wildman–Crippen LogP) is 3.89. The van der Waals surface area contributed by atoms with Gasteiger partial charge in [-0.2, -0.15) is 0 Å². The van der Waals surface area contributed by atoms with Crippen LogP contribution in [0.3, 0.4) is 0 Å². The van der Waals surface area contributed by atoms with Gasteiger partial charge in [0.05, 0.1) is 28.8 Å². The zero-order valence-electron chi connectivity index (χ0n) is 16.1. The first-order chi connectivity index (χ1) is 13.6. The van der Waals surface area contributed by atoms with Gasteiger partial charge in [0.2, 0.25) is 0 Å². The maximum Gasteiger partial charge on any atom is 0.274 e. The number of hydrogen-bond donors (Lipinski definition) is 0. The van der Waals surface area contributed by atoms with E-state index in [-0.39, 0.29) is 5.56 Å². The van der Waals surface area contributed by atoms with Crippen molar-refractivity contribution in [3.05, 3.63) is 62.9 Å². The number of para-hydroxylation sites is 2. The van der Waals surface area contributed by atoms with Crippen molar-refractivity contribution in [3.63, 3.8) is 0 Å². The molecule has 0 N–H and O–H groups in total. The molecule has 0 aliphatic carbocycles. The second-order valence-corrected chi connectivity index (χ2v) is 7.99. The molecule has 144 valence electrons. The van der Waals surface area contributed by atoms with E-state index in [4.69, 9.17) is 9.47 Å². The minimum atomic E-state index is -0.0493. The van der Waals surface area contributed by atoms with Gasteiger partial charge in [-0.1, -0.05) is 43.4 Å². The van der Waals surface area contributed by atoms with Gasteiger partial charge < -0.3 is 9.47 Å². The SMILES string of the molecule is CCOc1cc(/C=c2\sc3nc4ccccc4n3c2=O)ccc1OCC(C)C. The van der Waals surface area contributed by atoms with Crippen molar-refractivity contribution >= 4 is 33.4 Å². The van der Waals surface area contributed by atoms with Crippen molar-refractivity contribution < 1.29 is 9.47 Å². The van der Waals surface area contributed by atoms with E-state index in [1.54, 1.807) is 4.40 Å². The van der Waals surface area contributed by atoms with Crippen LogP contribution in [0.5, 0.6) is 11.5 Å². The van der Waals surface area contributed by atoms with E-state index in [0.717, 1.165) is 22.3 Å². The number of rotatable bonds is 6. The smallest absolute Gasteiger partial charge is 0.274 e. The minimum absolute atomic E-state index is 0.0493. The van der Waals surface area contributed by atoms with E-state index in [0.29, 0.717) is 34.4 Å². The van der Waals surface area contributed by atoms with Crippen LogP contribution < -0.4 is 19.6 Å². The Morgan fingerprint density at radius 3 is 2.75 bits per heavy atom. The fourth-order valence-corrected chi connectivity index (χ4v) is 4.01. The highest BCUT2D eigenvalue weighted by molar-refractivity contribution is 7.15. The zero-order valence-corrected chi connectivity index (χ0v) is 17.0. The monoisotopic (exact) mass is 394 g/mol. The normalized spacial score (nSPS) is 12.4. The van der Waals surface area contributed by atoms with Crippen molar-refractivity contribution in [2.24, 2.45) is 5.92 Å². The highest BCUT2D eigenvalue weighted by atomic mass is 32.1. The Morgan fingerprint density at radius 2 is 1.96 bits per heavy atom. The number of aromatic nitrogens is 2. The van der Waals surface area contributed by atoms with Crippen molar-refractivity contribution in [1.82, 2.24) is 9.38 Å². The number of imidazole rings is 1. The van der Waals surface area contributed by atoms with Crippen LogP contribution >= 0.6 is 11.3 Å². The predicted molar refractivity (Wildman–Crippen MR) is 114 cm³/mol. The van der Waals surface area contributed by atoms with Crippen LogP contribution in [0.15, 0.2) is 47.3 Å². The van der Waals surface area contributed by atoms with Crippen LogP contribution in [-0.2, 0) is 0 Å². The van der Waals surface area contributed by atoms with E-state index >= 15 is 0 Å². The quantitative estimate of drug-likeness (QED) is 0.498. The van der Waals surface area contributed by atoms with E-state index in [2.05, 4.69) is 18.8 Å². The Labute approximate surface area is 166 Å². The summed E-state index contributed by atoms with van der Waals surface area (Å²) < 4.78 is 13.9. The Morgan fingerprint density at radius 1 is 1.14 bits per heavy atom. The van der Waals surface area contributed by atoms with E-state index < -0.39 is 0 Å². The summed E-state index contributed by atoms with van der Waals surface area (Å²) in [4.78, 5) is 18.2. The molecule has 6 heteroatoms. The molecule has 0 aliphatic heterocycles. The molecule has 0 spiro atoms. The van der Waals surface area contributed by atoms with Crippen LogP contribution in [0, 0.1) is 5.92 Å². The van der Waals surface area contributed by atoms with Crippen LogP contribution in [-0.4, -0.2) is 22.6 Å². The molecule has 0 amide bonds. The zero-order chi connectivity index (χ0) is 19.7. The maximum absolute atomic E-state index is 12.9. The summed E-state index contributed by atoms with van der Waals surface area (Å²) >= 11 is 1.39. The van der Waals surface area contributed by atoms with E-state index in [1.165, 1.54) is 11.3 Å². The maximum atomic E-state index is 12.9. The molecule has 0 bridgehead atoms. The Balaban J connectivity index is 1.77. The number of ether oxygens (including phenoxy) is 2. The highest BCUT2D eigenvalue weighted by Crippen LogP contribution is 2.29. The molecule has 0 saturated carbocycles. The largest absolute Gasteiger partial charge is 0.490 e. The molecular formula is C22H22N2O3S. The molecule has 28 heavy (non-hydrogen) atoms. The molecule has 2 aromatic carbocycles. The second kappa shape index (κ2) is 7.64. The van der Waals surface area contributed by atoms with E-state index in [1.807, 2.05) is 55.5 Å². The summed E-state index contributed by atoms with van der Waals surface area (Å²) in [5.41, 5.74) is 2.52. The number of thiazole rings is 1. The third-order valence-corrected chi connectivity index (χ3v) is 5.25. The summed E-state index contributed by atoms with van der Waals surface area (Å²) in [6, 6.07) is 13.4. The summed E-state index contributed by atoms with van der Waals surface area (Å²) in [6.07, 6.45) is 1.88. The second-order valence-electron chi connectivity index (χ2n) is 6.98. The van der Waals surface area contributed by atoms with Gasteiger partial charge in [-0.05, 0) is 48.7 Å². The highest BCUT2D eigenvalue weighted by Gasteiger charge is 2.11. The Kier molecular flexibility index (Phi) is 5.05. The van der Waals surface area contributed by atoms with Gasteiger partial charge in [-0.15, -0.1) is 0 Å².